The number of likely N-dealkylation sites (tertiary alicyclic amines) is 1. The molecule has 160 valence electrons. The molecule has 1 fully saturated rings. The summed E-state index contributed by atoms with van der Waals surface area (Å²) < 4.78 is 5.63. The first-order valence-electron chi connectivity index (χ1n) is 10.3. The summed E-state index contributed by atoms with van der Waals surface area (Å²) in [5.41, 5.74) is 1.23. The van der Waals surface area contributed by atoms with Crippen molar-refractivity contribution in [3.05, 3.63) is 29.8 Å². The van der Waals surface area contributed by atoms with Gasteiger partial charge < -0.3 is 20.3 Å². The van der Waals surface area contributed by atoms with E-state index >= 15 is 0 Å². The fourth-order valence-corrected chi connectivity index (χ4v) is 3.45. The molecule has 0 bridgehead atoms. The van der Waals surface area contributed by atoms with Crippen LogP contribution in [0, 0.1) is 0 Å². The Morgan fingerprint density at radius 1 is 1.21 bits per heavy atom. The lowest BCUT2D eigenvalue weighted by molar-refractivity contribution is 0.245. The Balaban J connectivity index is 0.00000392. The molecule has 0 saturated carbocycles. The van der Waals surface area contributed by atoms with Crippen molar-refractivity contribution < 1.29 is 4.74 Å². The molecule has 2 rings (SSSR count). The van der Waals surface area contributed by atoms with Gasteiger partial charge in [-0.25, -0.2) is 0 Å². The zero-order valence-electron chi connectivity index (χ0n) is 17.9. The van der Waals surface area contributed by atoms with Gasteiger partial charge in [0.2, 0.25) is 0 Å². The highest BCUT2D eigenvalue weighted by Gasteiger charge is 2.25. The molecule has 7 heteroatoms. The maximum absolute atomic E-state index is 5.63. The van der Waals surface area contributed by atoms with Gasteiger partial charge in [0.05, 0.1) is 19.7 Å². The Kier molecular flexibility index (Phi) is 12.5. The molecule has 0 spiro atoms. The van der Waals surface area contributed by atoms with Crippen molar-refractivity contribution in [2.24, 2.45) is 4.99 Å². The minimum absolute atomic E-state index is 0. The van der Waals surface area contributed by atoms with Gasteiger partial charge in [-0.05, 0) is 52.5 Å². The number of para-hydroxylation sites is 1. The van der Waals surface area contributed by atoms with Gasteiger partial charge in [-0.3, -0.25) is 9.89 Å². The summed E-state index contributed by atoms with van der Waals surface area (Å²) in [5, 5.41) is 6.83. The van der Waals surface area contributed by atoms with Crippen molar-refractivity contribution in [3.8, 4) is 5.75 Å². The molecule has 1 atom stereocenters. The van der Waals surface area contributed by atoms with Crippen LogP contribution in [0.4, 0.5) is 0 Å². The second kappa shape index (κ2) is 14.0. The van der Waals surface area contributed by atoms with Gasteiger partial charge >= 0.3 is 0 Å². The highest BCUT2D eigenvalue weighted by Crippen LogP contribution is 2.31. The largest absolute Gasteiger partial charge is 0.496 e. The van der Waals surface area contributed by atoms with E-state index in [1.54, 1.807) is 7.11 Å². The van der Waals surface area contributed by atoms with Crippen molar-refractivity contribution in [2.75, 3.05) is 60.0 Å². The standard InChI is InChI=1S/C21H37N5O.HI/c1-5-22-21(23-13-16-25(3)6-2)24-17-19(26-14-9-10-15-26)18-11-7-8-12-20(18)27-4;/h7-8,11-12,19H,5-6,9-10,13-17H2,1-4H3,(H2,22,23,24);1H. The van der Waals surface area contributed by atoms with E-state index in [9.17, 15) is 0 Å². The summed E-state index contributed by atoms with van der Waals surface area (Å²) in [6, 6.07) is 8.59. The number of rotatable bonds is 10. The lowest BCUT2D eigenvalue weighted by Gasteiger charge is -2.28. The van der Waals surface area contributed by atoms with Gasteiger partial charge in [0.25, 0.3) is 0 Å². The number of halogens is 1. The quantitative estimate of drug-likeness (QED) is 0.292. The topological polar surface area (TPSA) is 52.1 Å². The second-order valence-electron chi connectivity index (χ2n) is 7.04. The minimum Gasteiger partial charge on any atom is -0.496 e. The highest BCUT2D eigenvalue weighted by molar-refractivity contribution is 14.0. The number of nitrogens with one attached hydrogen (secondary N) is 2. The Morgan fingerprint density at radius 2 is 1.93 bits per heavy atom. The molecule has 1 aliphatic rings. The van der Waals surface area contributed by atoms with Crippen molar-refractivity contribution in [1.82, 2.24) is 20.4 Å². The fourth-order valence-electron chi connectivity index (χ4n) is 3.45. The predicted octanol–water partition coefficient (Wildman–Crippen LogP) is 2.96. The third-order valence-corrected chi connectivity index (χ3v) is 5.17. The highest BCUT2D eigenvalue weighted by atomic mass is 127. The number of hydrogen-bond acceptors (Lipinski definition) is 4. The molecular formula is C21H38IN5O. The Morgan fingerprint density at radius 3 is 2.57 bits per heavy atom. The van der Waals surface area contributed by atoms with Crippen molar-refractivity contribution in [2.45, 2.75) is 32.7 Å². The first kappa shape index (κ1) is 25.0. The van der Waals surface area contributed by atoms with Crippen molar-refractivity contribution in [1.29, 1.82) is 0 Å². The van der Waals surface area contributed by atoms with E-state index in [1.807, 2.05) is 12.1 Å². The lowest BCUT2D eigenvalue weighted by Crippen LogP contribution is -2.41. The monoisotopic (exact) mass is 503 g/mol. The number of hydrogen-bond donors (Lipinski definition) is 2. The smallest absolute Gasteiger partial charge is 0.191 e. The molecule has 6 nitrogen and oxygen atoms in total. The van der Waals surface area contributed by atoms with E-state index in [4.69, 9.17) is 9.73 Å². The molecule has 1 heterocycles. The van der Waals surface area contributed by atoms with Gasteiger partial charge in [0.1, 0.15) is 5.75 Å². The van der Waals surface area contributed by atoms with Crippen LogP contribution in [0.1, 0.15) is 38.3 Å². The summed E-state index contributed by atoms with van der Waals surface area (Å²) >= 11 is 0. The van der Waals surface area contributed by atoms with Crippen molar-refractivity contribution >= 4 is 29.9 Å². The third-order valence-electron chi connectivity index (χ3n) is 5.17. The summed E-state index contributed by atoms with van der Waals surface area (Å²) in [4.78, 5) is 9.74. The third kappa shape index (κ3) is 7.75. The summed E-state index contributed by atoms with van der Waals surface area (Å²) in [7, 11) is 3.88. The van der Waals surface area contributed by atoms with Crippen LogP contribution in [0.2, 0.25) is 0 Å². The molecule has 1 aromatic carbocycles. The summed E-state index contributed by atoms with van der Waals surface area (Å²) in [6.45, 7) is 11.1. The summed E-state index contributed by atoms with van der Waals surface area (Å²) in [5.74, 6) is 1.84. The number of likely N-dealkylation sites (N-methyl/N-ethyl adjacent to an activating group) is 1. The second-order valence-corrected chi connectivity index (χ2v) is 7.04. The van der Waals surface area contributed by atoms with Crippen LogP contribution in [0.3, 0.4) is 0 Å². The number of guanidine groups is 1. The van der Waals surface area contributed by atoms with Crippen LogP contribution in [-0.2, 0) is 0 Å². The van der Waals surface area contributed by atoms with Crippen LogP contribution < -0.4 is 15.4 Å². The molecule has 1 saturated heterocycles. The number of aliphatic imine (C=N–C) groups is 1. The first-order chi connectivity index (χ1) is 13.2. The van der Waals surface area contributed by atoms with Crippen LogP contribution in [0.25, 0.3) is 0 Å². The number of nitrogens with zero attached hydrogens (tertiary/aromatic N) is 3. The van der Waals surface area contributed by atoms with Crippen LogP contribution in [-0.4, -0.2) is 75.7 Å². The van der Waals surface area contributed by atoms with E-state index in [2.05, 4.69) is 53.5 Å². The Hall–Kier alpha value is -1.06. The molecular weight excluding hydrogens is 465 g/mol. The maximum atomic E-state index is 5.63. The van der Waals surface area contributed by atoms with Gasteiger partial charge in [-0.15, -0.1) is 24.0 Å². The molecule has 0 radical (unpaired) electrons. The predicted molar refractivity (Wildman–Crippen MR) is 129 cm³/mol. The van der Waals surface area contributed by atoms with Crippen molar-refractivity contribution in [3.63, 3.8) is 0 Å². The van der Waals surface area contributed by atoms with E-state index in [1.165, 1.54) is 18.4 Å². The average molecular weight is 503 g/mol. The maximum Gasteiger partial charge on any atom is 0.191 e. The average Bonchev–Trinajstić information content (AvgIpc) is 3.22. The van der Waals surface area contributed by atoms with E-state index in [0.29, 0.717) is 0 Å². The number of ether oxygens (including phenoxy) is 1. The number of benzene rings is 1. The molecule has 28 heavy (non-hydrogen) atoms. The fraction of sp³-hybridized carbons (Fsp3) is 0.667. The molecule has 1 unspecified atom stereocenters. The van der Waals surface area contributed by atoms with E-state index in [0.717, 1.165) is 57.5 Å². The summed E-state index contributed by atoms with van der Waals surface area (Å²) in [6.07, 6.45) is 2.52. The van der Waals surface area contributed by atoms with E-state index in [-0.39, 0.29) is 30.0 Å². The normalized spacial score (nSPS) is 16.0. The zero-order chi connectivity index (χ0) is 19.5. The van der Waals surface area contributed by atoms with Gasteiger partial charge in [0, 0.05) is 25.2 Å². The van der Waals surface area contributed by atoms with Gasteiger partial charge in [-0.1, -0.05) is 25.1 Å². The minimum atomic E-state index is 0. The SMILES string of the molecule is CCNC(=NCC(c1ccccc1OC)N1CCCC1)NCCN(C)CC.I. The van der Waals surface area contributed by atoms with Gasteiger partial charge in [-0.2, -0.15) is 0 Å². The van der Waals surface area contributed by atoms with Gasteiger partial charge in [0.15, 0.2) is 5.96 Å². The van der Waals surface area contributed by atoms with Crippen LogP contribution in [0.5, 0.6) is 5.75 Å². The molecule has 1 aromatic rings. The molecule has 0 aliphatic carbocycles. The molecule has 0 amide bonds. The molecule has 1 aliphatic heterocycles. The first-order valence-corrected chi connectivity index (χ1v) is 10.3. The Bertz CT molecular complexity index is 578. The zero-order valence-corrected chi connectivity index (χ0v) is 20.2. The number of methoxy groups -OCH3 is 1. The Labute approximate surface area is 188 Å². The molecule has 0 aromatic heterocycles. The molecule has 2 N–H and O–H groups in total. The lowest BCUT2D eigenvalue weighted by atomic mass is 10.0. The van der Waals surface area contributed by atoms with Crippen LogP contribution in [0.15, 0.2) is 29.3 Å². The van der Waals surface area contributed by atoms with Crippen LogP contribution >= 0.6 is 24.0 Å². The van der Waals surface area contributed by atoms with E-state index < -0.39 is 0 Å².